The van der Waals surface area contributed by atoms with Crippen molar-refractivity contribution in [2.45, 2.75) is 25.8 Å². The van der Waals surface area contributed by atoms with E-state index in [2.05, 4.69) is 29.6 Å². The highest BCUT2D eigenvalue weighted by Crippen LogP contribution is 2.20. The molecule has 1 atom stereocenters. The summed E-state index contributed by atoms with van der Waals surface area (Å²) in [5.41, 5.74) is 2.48. The van der Waals surface area contributed by atoms with Gasteiger partial charge in [0.25, 0.3) is 0 Å². The maximum atomic E-state index is 11.6. The van der Waals surface area contributed by atoms with E-state index in [0.29, 0.717) is 6.61 Å². The van der Waals surface area contributed by atoms with Gasteiger partial charge in [-0.1, -0.05) is 24.3 Å². The van der Waals surface area contributed by atoms with E-state index in [0.717, 1.165) is 25.8 Å². The van der Waals surface area contributed by atoms with Crippen molar-refractivity contribution in [3.8, 4) is 0 Å². The molecule has 1 saturated heterocycles. The van der Waals surface area contributed by atoms with Crippen LogP contribution in [0.1, 0.15) is 24.0 Å². The fraction of sp³-hybridized carbons (Fsp3) is 0.500. The van der Waals surface area contributed by atoms with Crippen LogP contribution in [0.3, 0.4) is 0 Å². The van der Waals surface area contributed by atoms with Crippen molar-refractivity contribution in [2.75, 3.05) is 13.7 Å². The predicted octanol–water partition coefficient (Wildman–Crippen LogP) is 1.90. The molecule has 92 valence electrons. The number of nitrogens with one attached hydrogen (secondary N) is 1. The lowest BCUT2D eigenvalue weighted by atomic mass is 9.93. The fourth-order valence-corrected chi connectivity index (χ4v) is 2.28. The highest BCUT2D eigenvalue weighted by molar-refractivity contribution is 5.73. The van der Waals surface area contributed by atoms with E-state index < -0.39 is 0 Å². The second-order valence-electron chi connectivity index (χ2n) is 4.56. The van der Waals surface area contributed by atoms with Crippen LogP contribution in [0.4, 0.5) is 0 Å². The van der Waals surface area contributed by atoms with Gasteiger partial charge in [-0.3, -0.25) is 4.79 Å². The lowest BCUT2D eigenvalue weighted by Gasteiger charge is -2.20. The fourth-order valence-electron chi connectivity index (χ4n) is 2.28. The summed E-state index contributed by atoms with van der Waals surface area (Å²) >= 11 is 0. The van der Waals surface area contributed by atoms with E-state index in [1.807, 2.05) is 7.05 Å². The number of cyclic esters (lactones) is 1. The molecule has 1 fully saturated rings. The zero-order valence-corrected chi connectivity index (χ0v) is 10.2. The third-order valence-electron chi connectivity index (χ3n) is 3.13. The maximum absolute atomic E-state index is 11.6. The molecule has 0 amide bonds. The number of carbonyl (C=O) groups excluding carboxylic acids is 1. The van der Waals surface area contributed by atoms with E-state index in [9.17, 15) is 4.79 Å². The van der Waals surface area contributed by atoms with Crippen molar-refractivity contribution in [3.63, 3.8) is 0 Å². The molecule has 1 aromatic rings. The first kappa shape index (κ1) is 12.1. The Labute approximate surface area is 102 Å². The van der Waals surface area contributed by atoms with E-state index >= 15 is 0 Å². The van der Waals surface area contributed by atoms with E-state index in [1.165, 1.54) is 11.1 Å². The van der Waals surface area contributed by atoms with Crippen LogP contribution < -0.4 is 5.32 Å². The molecule has 0 spiro atoms. The Morgan fingerprint density at radius 1 is 1.41 bits per heavy atom. The Morgan fingerprint density at radius 2 is 2.24 bits per heavy atom. The van der Waals surface area contributed by atoms with Crippen LogP contribution in [0.25, 0.3) is 0 Å². The zero-order valence-electron chi connectivity index (χ0n) is 10.2. The van der Waals surface area contributed by atoms with Crippen molar-refractivity contribution in [1.29, 1.82) is 0 Å². The minimum atomic E-state index is -0.0322. The third-order valence-corrected chi connectivity index (χ3v) is 3.13. The summed E-state index contributed by atoms with van der Waals surface area (Å²) in [7, 11) is 1.94. The van der Waals surface area contributed by atoms with E-state index in [-0.39, 0.29) is 11.9 Å². The Bertz CT molecular complexity index is 390. The van der Waals surface area contributed by atoms with Gasteiger partial charge in [-0.15, -0.1) is 0 Å². The summed E-state index contributed by atoms with van der Waals surface area (Å²) in [4.78, 5) is 11.6. The SMILES string of the molecule is CNCc1cccc(CC2CCCOC2=O)c1. The summed E-state index contributed by atoms with van der Waals surface area (Å²) in [6.07, 6.45) is 2.75. The Balaban J connectivity index is 2.01. The summed E-state index contributed by atoms with van der Waals surface area (Å²) in [6, 6.07) is 8.40. The molecule has 1 heterocycles. The molecule has 1 aromatic carbocycles. The number of hydrogen-bond acceptors (Lipinski definition) is 3. The van der Waals surface area contributed by atoms with Crippen LogP contribution in [0.5, 0.6) is 0 Å². The number of hydrogen-bond donors (Lipinski definition) is 1. The Kier molecular flexibility index (Phi) is 4.15. The van der Waals surface area contributed by atoms with Gasteiger partial charge < -0.3 is 10.1 Å². The summed E-state index contributed by atoms with van der Waals surface area (Å²) in [5.74, 6) is 0.0175. The standard InChI is InChI=1S/C14H19NO2/c1-15-10-12-5-2-4-11(8-12)9-13-6-3-7-17-14(13)16/h2,4-5,8,13,15H,3,6-7,9-10H2,1H3. The molecular weight excluding hydrogens is 214 g/mol. The largest absolute Gasteiger partial charge is 0.465 e. The molecule has 0 bridgehead atoms. The number of carbonyl (C=O) groups is 1. The molecular formula is C14H19NO2. The molecule has 0 radical (unpaired) electrons. The molecule has 3 nitrogen and oxygen atoms in total. The highest BCUT2D eigenvalue weighted by Gasteiger charge is 2.23. The van der Waals surface area contributed by atoms with Gasteiger partial charge in [0.15, 0.2) is 0 Å². The maximum Gasteiger partial charge on any atom is 0.309 e. The average Bonchev–Trinajstić information content (AvgIpc) is 2.33. The van der Waals surface area contributed by atoms with Gasteiger partial charge in [0, 0.05) is 6.54 Å². The van der Waals surface area contributed by atoms with Crippen molar-refractivity contribution >= 4 is 5.97 Å². The van der Waals surface area contributed by atoms with Crippen molar-refractivity contribution in [2.24, 2.45) is 5.92 Å². The van der Waals surface area contributed by atoms with Crippen LogP contribution in [0.15, 0.2) is 24.3 Å². The lowest BCUT2D eigenvalue weighted by Crippen LogP contribution is -2.25. The minimum absolute atomic E-state index is 0.0322. The first-order valence-corrected chi connectivity index (χ1v) is 6.18. The Hall–Kier alpha value is -1.35. The summed E-state index contributed by atoms with van der Waals surface area (Å²) < 4.78 is 5.09. The normalized spacial score (nSPS) is 20.1. The minimum Gasteiger partial charge on any atom is -0.465 e. The lowest BCUT2D eigenvalue weighted by molar-refractivity contribution is -0.152. The molecule has 3 heteroatoms. The monoisotopic (exact) mass is 233 g/mol. The van der Waals surface area contributed by atoms with Gasteiger partial charge in [-0.25, -0.2) is 0 Å². The van der Waals surface area contributed by atoms with Crippen molar-refractivity contribution in [1.82, 2.24) is 5.32 Å². The van der Waals surface area contributed by atoms with Crippen molar-refractivity contribution < 1.29 is 9.53 Å². The Morgan fingerprint density at radius 3 is 3.00 bits per heavy atom. The van der Waals surface area contributed by atoms with Crippen LogP contribution >= 0.6 is 0 Å². The van der Waals surface area contributed by atoms with Gasteiger partial charge in [0.1, 0.15) is 0 Å². The molecule has 0 saturated carbocycles. The summed E-state index contributed by atoms with van der Waals surface area (Å²) in [5, 5.41) is 3.13. The van der Waals surface area contributed by atoms with Crippen LogP contribution in [-0.4, -0.2) is 19.6 Å². The molecule has 1 aliphatic heterocycles. The molecule has 2 rings (SSSR count). The topological polar surface area (TPSA) is 38.3 Å². The quantitative estimate of drug-likeness (QED) is 0.807. The van der Waals surface area contributed by atoms with Gasteiger partial charge in [-0.05, 0) is 37.4 Å². The zero-order chi connectivity index (χ0) is 12.1. The van der Waals surface area contributed by atoms with E-state index in [1.54, 1.807) is 0 Å². The average molecular weight is 233 g/mol. The first-order chi connectivity index (χ1) is 8.29. The third kappa shape index (κ3) is 3.30. The van der Waals surface area contributed by atoms with Gasteiger partial charge in [0.2, 0.25) is 0 Å². The van der Waals surface area contributed by atoms with Gasteiger partial charge in [0.05, 0.1) is 12.5 Å². The first-order valence-electron chi connectivity index (χ1n) is 6.18. The second-order valence-corrected chi connectivity index (χ2v) is 4.56. The van der Waals surface area contributed by atoms with Crippen LogP contribution in [0.2, 0.25) is 0 Å². The number of rotatable bonds is 4. The molecule has 17 heavy (non-hydrogen) atoms. The van der Waals surface area contributed by atoms with Crippen molar-refractivity contribution in [3.05, 3.63) is 35.4 Å². The smallest absolute Gasteiger partial charge is 0.309 e. The molecule has 1 unspecified atom stereocenters. The van der Waals surface area contributed by atoms with Crippen LogP contribution in [-0.2, 0) is 22.5 Å². The summed E-state index contributed by atoms with van der Waals surface area (Å²) in [6.45, 7) is 1.46. The highest BCUT2D eigenvalue weighted by atomic mass is 16.5. The molecule has 0 aromatic heterocycles. The van der Waals surface area contributed by atoms with Gasteiger partial charge in [-0.2, -0.15) is 0 Å². The number of ether oxygens (including phenoxy) is 1. The number of esters is 1. The number of benzene rings is 1. The van der Waals surface area contributed by atoms with Crippen LogP contribution in [0, 0.1) is 5.92 Å². The molecule has 1 aliphatic rings. The molecule has 1 N–H and O–H groups in total. The molecule has 0 aliphatic carbocycles. The second kappa shape index (κ2) is 5.82. The predicted molar refractivity (Wildman–Crippen MR) is 66.6 cm³/mol. The van der Waals surface area contributed by atoms with E-state index in [4.69, 9.17) is 4.74 Å². The van der Waals surface area contributed by atoms with Gasteiger partial charge >= 0.3 is 5.97 Å².